The number of hydrogen-bond acceptors (Lipinski definition) is 3. The van der Waals surface area contributed by atoms with E-state index >= 15 is 0 Å². The predicted molar refractivity (Wildman–Crippen MR) is 114 cm³/mol. The normalized spacial score (nSPS) is 11.0. The number of hydrogen-bond donors (Lipinski definition) is 1. The van der Waals surface area contributed by atoms with Crippen LogP contribution in [-0.2, 0) is 17.7 Å². The molecule has 5 heteroatoms. The van der Waals surface area contributed by atoms with Gasteiger partial charge in [0, 0.05) is 36.7 Å². The van der Waals surface area contributed by atoms with E-state index in [4.69, 9.17) is 15.2 Å². The maximum atomic E-state index is 12.4. The van der Waals surface area contributed by atoms with Crippen LogP contribution in [0.1, 0.15) is 61.3 Å². The summed E-state index contributed by atoms with van der Waals surface area (Å²) in [4.78, 5) is 12.4. The van der Waals surface area contributed by atoms with Crippen LogP contribution in [0.5, 0.6) is 5.75 Å². The van der Waals surface area contributed by atoms with Gasteiger partial charge in [-0.15, -0.1) is 0 Å². The first-order chi connectivity index (χ1) is 13.5. The van der Waals surface area contributed by atoms with Crippen LogP contribution in [0.3, 0.4) is 0 Å². The minimum absolute atomic E-state index is 0.372. The first-order valence-electron chi connectivity index (χ1n) is 10.3. The van der Waals surface area contributed by atoms with Crippen molar-refractivity contribution in [2.75, 3.05) is 20.3 Å². The van der Waals surface area contributed by atoms with Crippen LogP contribution in [0, 0.1) is 6.92 Å². The Labute approximate surface area is 168 Å². The highest BCUT2D eigenvalue weighted by Crippen LogP contribution is 2.35. The highest BCUT2D eigenvalue weighted by Gasteiger charge is 2.24. The van der Waals surface area contributed by atoms with Crippen molar-refractivity contribution in [3.8, 4) is 16.9 Å². The molecule has 5 nitrogen and oxygen atoms in total. The van der Waals surface area contributed by atoms with Crippen LogP contribution in [0.15, 0.2) is 24.3 Å². The topological polar surface area (TPSA) is 66.5 Å². The van der Waals surface area contributed by atoms with Gasteiger partial charge in [-0.05, 0) is 50.8 Å². The number of carbonyl (C=O) groups is 1. The lowest BCUT2D eigenvalue weighted by molar-refractivity contribution is 0.1000. The monoisotopic (exact) mass is 386 g/mol. The third-order valence-corrected chi connectivity index (χ3v) is 5.15. The van der Waals surface area contributed by atoms with Crippen molar-refractivity contribution in [1.29, 1.82) is 0 Å². The highest BCUT2D eigenvalue weighted by atomic mass is 16.5. The lowest BCUT2D eigenvalue weighted by Crippen LogP contribution is -2.13. The molecule has 0 unspecified atom stereocenters. The van der Waals surface area contributed by atoms with Crippen LogP contribution >= 0.6 is 0 Å². The average molecular weight is 387 g/mol. The van der Waals surface area contributed by atoms with E-state index in [1.54, 1.807) is 7.11 Å². The fraction of sp³-hybridized carbons (Fsp3) is 0.522. The molecule has 1 aromatic heterocycles. The molecule has 0 fully saturated rings. The summed E-state index contributed by atoms with van der Waals surface area (Å²) in [5.41, 5.74) is 10.6. The number of methoxy groups -OCH3 is 1. The first kappa shape index (κ1) is 22.0. The third-order valence-electron chi connectivity index (χ3n) is 5.15. The molecule has 28 heavy (non-hydrogen) atoms. The smallest absolute Gasteiger partial charge is 0.251 e. The predicted octanol–water partition coefficient (Wildman–Crippen LogP) is 4.73. The van der Waals surface area contributed by atoms with Gasteiger partial charge >= 0.3 is 0 Å². The molecule has 2 aromatic rings. The second kappa shape index (κ2) is 10.9. The lowest BCUT2D eigenvalue weighted by Gasteiger charge is -2.14. The molecule has 0 aliphatic carbocycles. The number of aromatic nitrogens is 1. The van der Waals surface area contributed by atoms with Gasteiger partial charge in [0.2, 0.25) is 0 Å². The highest BCUT2D eigenvalue weighted by molar-refractivity contribution is 6.02. The van der Waals surface area contributed by atoms with E-state index in [-0.39, 0.29) is 5.91 Å². The summed E-state index contributed by atoms with van der Waals surface area (Å²) < 4.78 is 13.1. The van der Waals surface area contributed by atoms with Crippen molar-refractivity contribution >= 4 is 5.91 Å². The number of nitrogens with two attached hydrogens (primary N) is 1. The Bertz CT molecular complexity index is 763. The zero-order valence-electron chi connectivity index (χ0n) is 17.7. The molecule has 0 saturated heterocycles. The number of carbonyl (C=O) groups excluding carboxylic acids is 1. The molecule has 0 aliphatic heterocycles. The molecule has 1 aromatic carbocycles. The zero-order chi connectivity index (χ0) is 20.5. The minimum Gasteiger partial charge on any atom is -0.497 e. The van der Waals surface area contributed by atoms with Gasteiger partial charge in [-0.2, -0.15) is 0 Å². The van der Waals surface area contributed by atoms with Gasteiger partial charge in [-0.3, -0.25) is 4.79 Å². The average Bonchev–Trinajstić information content (AvgIpc) is 2.97. The van der Waals surface area contributed by atoms with Crippen molar-refractivity contribution in [1.82, 2.24) is 4.57 Å². The molecule has 0 atom stereocenters. The second-order valence-corrected chi connectivity index (χ2v) is 7.03. The molecule has 2 N–H and O–H groups in total. The number of primary amides is 1. The summed E-state index contributed by atoms with van der Waals surface area (Å²) >= 11 is 0. The van der Waals surface area contributed by atoms with Crippen molar-refractivity contribution < 1.29 is 14.3 Å². The van der Waals surface area contributed by atoms with E-state index in [1.807, 2.05) is 38.1 Å². The van der Waals surface area contributed by atoms with Gasteiger partial charge < -0.3 is 19.8 Å². The maximum absolute atomic E-state index is 12.4. The lowest BCUT2D eigenvalue weighted by atomic mass is 9.97. The van der Waals surface area contributed by atoms with Crippen LogP contribution in [0.25, 0.3) is 11.1 Å². The Morgan fingerprint density at radius 2 is 1.82 bits per heavy atom. The molecular weight excluding hydrogens is 352 g/mol. The minimum atomic E-state index is -0.372. The third kappa shape index (κ3) is 5.16. The quantitative estimate of drug-likeness (QED) is 0.536. The number of benzene rings is 1. The number of rotatable bonds is 12. The Morgan fingerprint density at radius 1 is 1.11 bits per heavy atom. The van der Waals surface area contributed by atoms with E-state index in [2.05, 4.69) is 11.5 Å². The molecule has 0 bridgehead atoms. The summed E-state index contributed by atoms with van der Waals surface area (Å²) in [5, 5.41) is 0. The largest absolute Gasteiger partial charge is 0.497 e. The van der Waals surface area contributed by atoms with E-state index in [0.29, 0.717) is 12.2 Å². The molecule has 0 spiro atoms. The van der Waals surface area contributed by atoms with Gasteiger partial charge in [0.1, 0.15) is 5.75 Å². The molecular formula is C23H34N2O3. The Balaban J connectivity index is 2.52. The van der Waals surface area contributed by atoms with Gasteiger partial charge in [0.25, 0.3) is 5.91 Å². The van der Waals surface area contributed by atoms with Crippen LogP contribution in [-0.4, -0.2) is 30.8 Å². The SMILES string of the molecule is CCCCCc1c(-c2ccc(OC)cc2)c(C(N)=O)c(C)n1CCCOCC. The molecule has 0 aliphatic rings. The van der Waals surface area contributed by atoms with Crippen LogP contribution in [0.2, 0.25) is 0 Å². The van der Waals surface area contributed by atoms with Gasteiger partial charge in [0.15, 0.2) is 0 Å². The van der Waals surface area contributed by atoms with Gasteiger partial charge in [-0.25, -0.2) is 0 Å². The summed E-state index contributed by atoms with van der Waals surface area (Å²) in [7, 11) is 1.65. The molecule has 1 amide bonds. The fourth-order valence-corrected chi connectivity index (χ4v) is 3.74. The summed E-state index contributed by atoms with van der Waals surface area (Å²) in [5.74, 6) is 0.424. The standard InChI is InChI=1S/C23H34N2O3/c1-5-7-8-10-20-22(18-11-13-19(27-4)14-12-18)21(23(24)26)17(3)25(20)15-9-16-28-6-2/h11-14H,5-10,15-16H2,1-4H3,(H2,24,26). The molecule has 154 valence electrons. The summed E-state index contributed by atoms with van der Waals surface area (Å²) in [6.07, 6.45) is 5.25. The van der Waals surface area contributed by atoms with E-state index in [0.717, 1.165) is 67.8 Å². The van der Waals surface area contributed by atoms with Crippen molar-refractivity contribution in [2.24, 2.45) is 5.73 Å². The van der Waals surface area contributed by atoms with Crippen molar-refractivity contribution in [2.45, 2.75) is 59.4 Å². The number of ether oxygens (including phenoxy) is 2. The summed E-state index contributed by atoms with van der Waals surface area (Å²) in [6, 6.07) is 7.87. The first-order valence-corrected chi connectivity index (χ1v) is 10.3. The molecule has 1 heterocycles. The second-order valence-electron chi connectivity index (χ2n) is 7.03. The number of unbranched alkanes of at least 4 members (excludes halogenated alkanes) is 2. The van der Waals surface area contributed by atoms with Crippen molar-refractivity contribution in [3.05, 3.63) is 41.2 Å². The van der Waals surface area contributed by atoms with Gasteiger partial charge in [-0.1, -0.05) is 31.9 Å². The number of nitrogens with zero attached hydrogens (tertiary/aromatic N) is 1. The molecule has 0 radical (unpaired) electrons. The Kier molecular flexibility index (Phi) is 8.58. The number of amides is 1. The van der Waals surface area contributed by atoms with E-state index in [9.17, 15) is 4.79 Å². The molecule has 0 saturated carbocycles. The Morgan fingerprint density at radius 3 is 2.39 bits per heavy atom. The Hall–Kier alpha value is -2.27. The van der Waals surface area contributed by atoms with Crippen LogP contribution in [0.4, 0.5) is 0 Å². The van der Waals surface area contributed by atoms with Crippen molar-refractivity contribution in [3.63, 3.8) is 0 Å². The summed E-state index contributed by atoms with van der Waals surface area (Å²) in [6.45, 7) is 8.46. The van der Waals surface area contributed by atoms with Crippen LogP contribution < -0.4 is 10.5 Å². The van der Waals surface area contributed by atoms with Gasteiger partial charge in [0.05, 0.1) is 12.7 Å². The van der Waals surface area contributed by atoms with E-state index < -0.39 is 0 Å². The maximum Gasteiger partial charge on any atom is 0.251 e. The molecule has 2 rings (SSSR count). The fourth-order valence-electron chi connectivity index (χ4n) is 3.74. The van der Waals surface area contributed by atoms with E-state index in [1.165, 1.54) is 5.69 Å². The zero-order valence-corrected chi connectivity index (χ0v) is 17.7.